The van der Waals surface area contributed by atoms with Crippen molar-refractivity contribution >= 4 is 23.8 Å². The third kappa shape index (κ3) is 5.02. The Morgan fingerprint density at radius 3 is 2.70 bits per heavy atom. The number of hydrogen-bond acceptors (Lipinski definition) is 7. The highest BCUT2D eigenvalue weighted by Crippen LogP contribution is 2.47. The van der Waals surface area contributed by atoms with Gasteiger partial charge in [-0.25, -0.2) is 4.79 Å². The van der Waals surface area contributed by atoms with Crippen LogP contribution in [-0.4, -0.2) is 30.9 Å². The first-order chi connectivity index (χ1) is 16.0. The highest BCUT2D eigenvalue weighted by Gasteiger charge is 2.37. The maximum absolute atomic E-state index is 13.3. The molecule has 33 heavy (non-hydrogen) atoms. The molecule has 2 aliphatic heterocycles. The van der Waals surface area contributed by atoms with E-state index in [-0.39, 0.29) is 24.3 Å². The van der Waals surface area contributed by atoms with E-state index in [1.807, 2.05) is 13.0 Å². The van der Waals surface area contributed by atoms with Gasteiger partial charge < -0.3 is 18.6 Å². The first-order valence-corrected chi connectivity index (χ1v) is 11.4. The van der Waals surface area contributed by atoms with E-state index >= 15 is 0 Å². The second kappa shape index (κ2) is 10.1. The van der Waals surface area contributed by atoms with Gasteiger partial charge in [0, 0.05) is 18.4 Å². The lowest BCUT2D eigenvalue weighted by Crippen LogP contribution is -2.24. The van der Waals surface area contributed by atoms with E-state index in [9.17, 15) is 14.4 Å². The fourth-order valence-electron chi connectivity index (χ4n) is 4.44. The lowest BCUT2D eigenvalue weighted by Gasteiger charge is -2.27. The fraction of sp³-hybridized carbons (Fsp3) is 0.423. The number of methoxy groups -OCH3 is 1. The molecular weight excluding hydrogens is 424 g/mol. The van der Waals surface area contributed by atoms with Gasteiger partial charge in [0.2, 0.25) is 0 Å². The van der Waals surface area contributed by atoms with Gasteiger partial charge in [-0.3, -0.25) is 9.59 Å². The number of fused-ring (bicyclic) bond motifs is 2. The van der Waals surface area contributed by atoms with Crippen LogP contribution in [0.4, 0.5) is 0 Å². The van der Waals surface area contributed by atoms with E-state index in [4.69, 9.17) is 18.6 Å². The van der Waals surface area contributed by atoms with Crippen molar-refractivity contribution in [3.8, 4) is 11.5 Å². The molecule has 7 heteroatoms. The third-order valence-electron chi connectivity index (χ3n) is 6.05. The second-order valence-electron chi connectivity index (χ2n) is 8.47. The summed E-state index contributed by atoms with van der Waals surface area (Å²) in [6.45, 7) is 1.82. The third-order valence-corrected chi connectivity index (χ3v) is 6.05. The number of benzene rings is 1. The van der Waals surface area contributed by atoms with Gasteiger partial charge in [-0.1, -0.05) is 12.2 Å². The minimum atomic E-state index is -0.514. The second-order valence-corrected chi connectivity index (χ2v) is 8.47. The molecule has 0 spiro atoms. The molecule has 0 radical (unpaired) electrons. The smallest absolute Gasteiger partial charge is 0.342 e. The molecule has 0 saturated heterocycles. The molecule has 7 nitrogen and oxygen atoms in total. The number of ketones is 1. The first-order valence-electron chi connectivity index (χ1n) is 11.4. The first kappa shape index (κ1) is 22.8. The van der Waals surface area contributed by atoms with Crippen LogP contribution >= 0.6 is 0 Å². The van der Waals surface area contributed by atoms with E-state index in [1.54, 1.807) is 30.5 Å². The quantitative estimate of drug-likeness (QED) is 0.456. The van der Waals surface area contributed by atoms with E-state index < -0.39 is 11.9 Å². The van der Waals surface area contributed by atoms with Gasteiger partial charge in [-0.2, -0.15) is 0 Å². The molecule has 1 aromatic carbocycles. The number of furan rings is 1. The molecule has 0 fully saturated rings. The van der Waals surface area contributed by atoms with Crippen molar-refractivity contribution in [2.45, 2.75) is 63.9 Å². The highest BCUT2D eigenvalue weighted by molar-refractivity contribution is 5.99. The number of esters is 2. The van der Waals surface area contributed by atoms with Crippen molar-refractivity contribution < 1.29 is 33.0 Å². The summed E-state index contributed by atoms with van der Waals surface area (Å²) >= 11 is 0. The molecule has 1 unspecified atom stereocenters. The van der Waals surface area contributed by atoms with Gasteiger partial charge in [-0.15, -0.1) is 0 Å². The van der Waals surface area contributed by atoms with Gasteiger partial charge in [0.15, 0.2) is 0 Å². The van der Waals surface area contributed by atoms with Crippen LogP contribution < -0.4 is 9.47 Å². The number of ether oxygens (including phenoxy) is 3. The topological polar surface area (TPSA) is 92.0 Å². The molecule has 2 aromatic rings. The standard InChI is InChI=1S/C26H28O7/c1-16-8-6-11-18(27)10-5-3-4-9-17-14-21-24(25(30-2)23(17)26(29)32-16)19(15-22(28)33-21)20-12-7-13-31-20/h4,7,9,12-14,16,19H,3,5-6,8,10-11,15H2,1-2H3/t16-,19?/m0/s1. The maximum atomic E-state index is 13.3. The maximum Gasteiger partial charge on any atom is 0.342 e. The lowest BCUT2D eigenvalue weighted by atomic mass is 9.86. The largest absolute Gasteiger partial charge is 0.495 e. The van der Waals surface area contributed by atoms with Crippen LogP contribution in [0.1, 0.15) is 85.0 Å². The van der Waals surface area contributed by atoms with Crippen molar-refractivity contribution in [2.75, 3.05) is 7.11 Å². The predicted octanol–water partition coefficient (Wildman–Crippen LogP) is 5.21. The number of allylic oxidation sites excluding steroid dienone is 1. The molecule has 174 valence electrons. The summed E-state index contributed by atoms with van der Waals surface area (Å²) in [5, 5.41) is 0. The number of Topliss-reactive ketones (excluding diaryl/α,β-unsaturated/α-hetero) is 1. The Morgan fingerprint density at radius 1 is 1.12 bits per heavy atom. The van der Waals surface area contributed by atoms with Crippen molar-refractivity contribution in [1.29, 1.82) is 0 Å². The Bertz CT molecular complexity index is 1060. The average Bonchev–Trinajstić information content (AvgIpc) is 3.31. The summed E-state index contributed by atoms with van der Waals surface area (Å²) < 4.78 is 22.6. The van der Waals surface area contributed by atoms with E-state index in [2.05, 4.69) is 0 Å². The minimum Gasteiger partial charge on any atom is -0.495 e. The molecule has 2 atom stereocenters. The van der Waals surface area contributed by atoms with Gasteiger partial charge in [-0.05, 0) is 56.4 Å². The summed E-state index contributed by atoms with van der Waals surface area (Å²) in [5.41, 5.74) is 1.43. The highest BCUT2D eigenvalue weighted by atomic mass is 16.5. The van der Waals surface area contributed by atoms with Gasteiger partial charge >= 0.3 is 11.9 Å². The zero-order valence-corrected chi connectivity index (χ0v) is 18.9. The van der Waals surface area contributed by atoms with E-state index in [0.29, 0.717) is 66.1 Å². The lowest BCUT2D eigenvalue weighted by molar-refractivity contribution is -0.135. The Morgan fingerprint density at radius 2 is 1.94 bits per heavy atom. The van der Waals surface area contributed by atoms with E-state index in [1.165, 1.54) is 7.11 Å². The van der Waals surface area contributed by atoms with Crippen LogP contribution in [0.15, 0.2) is 35.0 Å². The molecular formula is C26H28O7. The summed E-state index contributed by atoms with van der Waals surface area (Å²) in [5.74, 6) is 0.140. The van der Waals surface area contributed by atoms with Crippen LogP contribution in [0.3, 0.4) is 0 Å². The molecule has 4 rings (SSSR count). The van der Waals surface area contributed by atoms with Crippen LogP contribution in [0.2, 0.25) is 0 Å². The van der Waals surface area contributed by atoms with E-state index in [0.717, 1.165) is 6.42 Å². The SMILES string of the molecule is COc1c2c(cc3c1C(c1ccco1)CC(=O)O3)C=CCCCC(=O)CCC[C@H](C)OC2=O. The number of carbonyl (C=O) groups excluding carboxylic acids is 3. The number of cyclic esters (lactones) is 1. The van der Waals surface area contributed by atoms with Crippen LogP contribution in [-0.2, 0) is 14.3 Å². The molecule has 2 aliphatic rings. The Hall–Kier alpha value is -3.35. The van der Waals surface area contributed by atoms with Gasteiger partial charge in [0.05, 0.1) is 31.8 Å². The van der Waals surface area contributed by atoms with Crippen LogP contribution in [0, 0.1) is 0 Å². The number of hydrogen-bond donors (Lipinski definition) is 0. The van der Waals surface area contributed by atoms with Crippen molar-refractivity contribution in [3.63, 3.8) is 0 Å². The Labute approximate surface area is 192 Å². The minimum absolute atomic E-state index is 0.0744. The molecule has 0 N–H and O–H groups in total. The average molecular weight is 453 g/mol. The van der Waals surface area contributed by atoms with Crippen molar-refractivity contribution in [1.82, 2.24) is 0 Å². The Kier molecular flexibility index (Phi) is 6.96. The summed E-state index contributed by atoms with van der Waals surface area (Å²) in [4.78, 5) is 37.7. The van der Waals surface area contributed by atoms with Gasteiger partial charge in [0.1, 0.15) is 28.6 Å². The molecule has 0 aliphatic carbocycles. The van der Waals surface area contributed by atoms with Crippen LogP contribution in [0.25, 0.3) is 6.08 Å². The molecule has 1 aromatic heterocycles. The van der Waals surface area contributed by atoms with Crippen LogP contribution in [0.5, 0.6) is 11.5 Å². The molecule has 0 saturated carbocycles. The number of carbonyl (C=O) groups is 3. The Balaban J connectivity index is 1.84. The summed E-state index contributed by atoms with van der Waals surface area (Å²) in [6, 6.07) is 5.23. The van der Waals surface area contributed by atoms with Gasteiger partial charge in [0.25, 0.3) is 0 Å². The summed E-state index contributed by atoms with van der Waals surface area (Å²) in [7, 11) is 1.49. The normalized spacial score (nSPS) is 21.9. The molecule has 3 heterocycles. The zero-order chi connectivity index (χ0) is 23.4. The molecule has 0 amide bonds. The fourth-order valence-corrected chi connectivity index (χ4v) is 4.44. The predicted molar refractivity (Wildman–Crippen MR) is 120 cm³/mol. The summed E-state index contributed by atoms with van der Waals surface area (Å²) in [6.07, 6.45) is 8.69. The monoisotopic (exact) mass is 452 g/mol. The van der Waals surface area contributed by atoms with Crippen molar-refractivity contribution in [3.05, 3.63) is 53.0 Å². The zero-order valence-electron chi connectivity index (χ0n) is 18.9. The van der Waals surface area contributed by atoms with Crippen molar-refractivity contribution in [2.24, 2.45) is 0 Å². The number of rotatable bonds is 2. The molecule has 0 bridgehead atoms.